The number of hydrogen-bond acceptors (Lipinski definition) is 4. The average molecular weight is 249 g/mol. The Morgan fingerprint density at radius 1 is 1.50 bits per heavy atom. The lowest BCUT2D eigenvalue weighted by atomic mass is 10.0. The molecule has 1 heterocycles. The van der Waals surface area contributed by atoms with Crippen LogP contribution in [0.5, 0.6) is 0 Å². The molecule has 0 aromatic carbocycles. The van der Waals surface area contributed by atoms with Gasteiger partial charge in [0, 0.05) is 12.8 Å². The van der Waals surface area contributed by atoms with Gasteiger partial charge >= 0.3 is 0 Å². The smallest absolute Gasteiger partial charge is 0.240 e. The number of piperidine rings is 1. The highest BCUT2D eigenvalue weighted by atomic mass is 32.2. The third-order valence-electron chi connectivity index (χ3n) is 3.11. The molecular formula is C10H19NO4S. The second-order valence-corrected chi connectivity index (χ2v) is 6.70. The molecule has 2 atom stereocenters. The molecule has 6 heteroatoms. The van der Waals surface area contributed by atoms with Crippen molar-refractivity contribution in [1.82, 2.24) is 4.90 Å². The topological polar surface area (TPSA) is 74.7 Å². The van der Waals surface area contributed by atoms with Crippen LogP contribution in [-0.4, -0.2) is 55.0 Å². The van der Waals surface area contributed by atoms with Gasteiger partial charge in [-0.1, -0.05) is 0 Å². The van der Waals surface area contributed by atoms with Crippen LogP contribution < -0.4 is 0 Å². The first-order valence-corrected chi connectivity index (χ1v) is 7.43. The van der Waals surface area contributed by atoms with Crippen molar-refractivity contribution in [2.24, 2.45) is 0 Å². The molecule has 1 N–H and O–H groups in total. The van der Waals surface area contributed by atoms with Crippen LogP contribution in [0.2, 0.25) is 0 Å². The second-order valence-electron chi connectivity index (χ2n) is 4.34. The van der Waals surface area contributed by atoms with Gasteiger partial charge in [-0.15, -0.1) is 0 Å². The summed E-state index contributed by atoms with van der Waals surface area (Å²) in [5, 5.41) is 8.14. The van der Waals surface area contributed by atoms with E-state index in [-0.39, 0.29) is 18.6 Å². The van der Waals surface area contributed by atoms with Crippen molar-refractivity contribution in [3.8, 4) is 0 Å². The van der Waals surface area contributed by atoms with Crippen LogP contribution in [0.3, 0.4) is 0 Å². The Morgan fingerprint density at radius 3 is 2.62 bits per heavy atom. The van der Waals surface area contributed by atoms with Crippen LogP contribution in [0.1, 0.15) is 26.2 Å². The lowest BCUT2D eigenvalue weighted by Crippen LogP contribution is -2.50. The van der Waals surface area contributed by atoms with Crippen molar-refractivity contribution in [3.05, 3.63) is 0 Å². The first-order valence-electron chi connectivity index (χ1n) is 5.48. The van der Waals surface area contributed by atoms with Gasteiger partial charge in [-0.2, -0.15) is 0 Å². The highest BCUT2D eigenvalue weighted by molar-refractivity contribution is 7.92. The minimum absolute atomic E-state index is 0.0950. The average Bonchev–Trinajstić information content (AvgIpc) is 2.25. The Labute approximate surface area is 96.4 Å². The summed E-state index contributed by atoms with van der Waals surface area (Å²) in [4.78, 5) is 13.5. The zero-order valence-electron chi connectivity index (χ0n) is 9.72. The Bertz CT molecular complexity index is 352. The third-order valence-corrected chi connectivity index (χ3v) is 4.60. The maximum Gasteiger partial charge on any atom is 0.240 e. The highest BCUT2D eigenvalue weighted by Gasteiger charge is 2.33. The molecule has 0 bridgehead atoms. The molecule has 1 aliphatic rings. The fraction of sp³-hybridized carbons (Fsp3) is 0.900. The van der Waals surface area contributed by atoms with Crippen molar-refractivity contribution < 1.29 is 18.3 Å². The summed E-state index contributed by atoms with van der Waals surface area (Å²) in [7, 11) is -3.36. The van der Waals surface area contributed by atoms with Crippen LogP contribution >= 0.6 is 0 Å². The van der Waals surface area contributed by atoms with E-state index in [2.05, 4.69) is 0 Å². The molecule has 94 valence electrons. The lowest BCUT2D eigenvalue weighted by Gasteiger charge is -2.35. The minimum Gasteiger partial charge on any atom is -0.394 e. The molecule has 1 fully saturated rings. The predicted octanol–water partition coefficient (Wildman–Crippen LogP) is -0.207. The number of nitrogens with zero attached hydrogens (tertiary/aromatic N) is 1. The van der Waals surface area contributed by atoms with E-state index in [1.54, 1.807) is 0 Å². The number of hydrogen-bond donors (Lipinski definition) is 1. The van der Waals surface area contributed by atoms with Crippen LogP contribution in [0.15, 0.2) is 0 Å². The standard InChI is InChI=1S/C10H19NO4S/c1-8(16(2,14)15)10(13)11-6-4-3-5-9(11)7-12/h8-9,12H,3-7H2,1-2H3. The van der Waals surface area contributed by atoms with Crippen LogP contribution in [0.4, 0.5) is 0 Å². The SMILES string of the molecule is CC(C(=O)N1CCCCC1CO)S(C)(=O)=O. The van der Waals surface area contributed by atoms with Crippen LogP contribution in [-0.2, 0) is 14.6 Å². The second kappa shape index (κ2) is 5.14. The van der Waals surface area contributed by atoms with Gasteiger partial charge in [-0.25, -0.2) is 8.42 Å². The summed E-state index contributed by atoms with van der Waals surface area (Å²) >= 11 is 0. The molecule has 2 unspecified atom stereocenters. The molecule has 1 aliphatic heterocycles. The summed E-state index contributed by atoms with van der Waals surface area (Å²) in [5.41, 5.74) is 0. The van der Waals surface area contributed by atoms with E-state index in [4.69, 9.17) is 5.11 Å². The van der Waals surface area contributed by atoms with Crippen molar-refractivity contribution in [3.63, 3.8) is 0 Å². The van der Waals surface area contributed by atoms with Gasteiger partial charge in [0.05, 0.1) is 12.6 Å². The molecule has 1 saturated heterocycles. The quantitative estimate of drug-likeness (QED) is 0.751. The number of rotatable bonds is 3. The first kappa shape index (κ1) is 13.4. The van der Waals surface area contributed by atoms with E-state index in [1.807, 2.05) is 0 Å². The Hall–Kier alpha value is -0.620. The van der Waals surface area contributed by atoms with E-state index in [9.17, 15) is 13.2 Å². The van der Waals surface area contributed by atoms with Crippen molar-refractivity contribution in [2.75, 3.05) is 19.4 Å². The van der Waals surface area contributed by atoms with Gasteiger partial charge in [0.25, 0.3) is 0 Å². The minimum atomic E-state index is -3.36. The normalized spacial score (nSPS) is 24.2. The van der Waals surface area contributed by atoms with Gasteiger partial charge in [-0.3, -0.25) is 4.79 Å². The Balaban J connectivity index is 2.79. The molecule has 0 saturated carbocycles. The zero-order chi connectivity index (χ0) is 12.3. The maximum absolute atomic E-state index is 11.9. The van der Waals surface area contributed by atoms with Gasteiger partial charge in [0.2, 0.25) is 5.91 Å². The van der Waals surface area contributed by atoms with E-state index >= 15 is 0 Å². The fourth-order valence-corrected chi connectivity index (χ4v) is 2.40. The highest BCUT2D eigenvalue weighted by Crippen LogP contribution is 2.18. The Kier molecular flexibility index (Phi) is 4.32. The Morgan fingerprint density at radius 2 is 2.12 bits per heavy atom. The zero-order valence-corrected chi connectivity index (χ0v) is 10.5. The lowest BCUT2D eigenvalue weighted by molar-refractivity contribution is -0.135. The van der Waals surface area contributed by atoms with E-state index in [0.717, 1.165) is 25.5 Å². The van der Waals surface area contributed by atoms with Gasteiger partial charge in [0.15, 0.2) is 9.84 Å². The van der Waals surface area contributed by atoms with E-state index < -0.39 is 15.1 Å². The number of amides is 1. The molecule has 0 aromatic heterocycles. The number of aliphatic hydroxyl groups is 1. The van der Waals surface area contributed by atoms with Crippen LogP contribution in [0, 0.1) is 0 Å². The number of likely N-dealkylation sites (tertiary alicyclic amines) is 1. The molecule has 5 nitrogen and oxygen atoms in total. The van der Waals surface area contributed by atoms with Gasteiger partial charge < -0.3 is 10.0 Å². The number of aliphatic hydroxyl groups excluding tert-OH is 1. The molecule has 0 spiro atoms. The summed E-state index contributed by atoms with van der Waals surface area (Å²) in [6.45, 7) is 1.85. The fourth-order valence-electron chi connectivity index (χ4n) is 1.90. The van der Waals surface area contributed by atoms with E-state index in [0.29, 0.717) is 6.54 Å². The number of carbonyl (C=O) groups is 1. The van der Waals surface area contributed by atoms with Crippen LogP contribution in [0.25, 0.3) is 0 Å². The van der Waals surface area contributed by atoms with Crippen molar-refractivity contribution in [2.45, 2.75) is 37.5 Å². The molecule has 0 radical (unpaired) electrons. The summed E-state index contributed by atoms with van der Waals surface area (Å²) < 4.78 is 22.6. The van der Waals surface area contributed by atoms with Gasteiger partial charge in [0.1, 0.15) is 5.25 Å². The van der Waals surface area contributed by atoms with E-state index in [1.165, 1.54) is 11.8 Å². The predicted molar refractivity (Wildman–Crippen MR) is 60.7 cm³/mol. The third kappa shape index (κ3) is 2.95. The van der Waals surface area contributed by atoms with Crippen molar-refractivity contribution >= 4 is 15.7 Å². The largest absolute Gasteiger partial charge is 0.394 e. The summed E-state index contributed by atoms with van der Waals surface area (Å²) in [6, 6.07) is -0.217. The summed E-state index contributed by atoms with van der Waals surface area (Å²) in [6.07, 6.45) is 3.66. The van der Waals surface area contributed by atoms with Crippen molar-refractivity contribution in [1.29, 1.82) is 0 Å². The summed E-state index contributed by atoms with van der Waals surface area (Å²) in [5.74, 6) is -0.388. The molecular weight excluding hydrogens is 230 g/mol. The monoisotopic (exact) mass is 249 g/mol. The molecule has 1 amide bonds. The number of carbonyl (C=O) groups excluding carboxylic acids is 1. The first-order chi connectivity index (χ1) is 7.38. The molecule has 1 rings (SSSR count). The maximum atomic E-state index is 11.9. The molecule has 16 heavy (non-hydrogen) atoms. The molecule has 0 aromatic rings. The number of sulfone groups is 1. The van der Waals surface area contributed by atoms with Gasteiger partial charge in [-0.05, 0) is 26.2 Å². The molecule has 0 aliphatic carbocycles.